The predicted molar refractivity (Wildman–Crippen MR) is 69.8 cm³/mol. The molecule has 0 aliphatic heterocycles. The molecule has 0 saturated carbocycles. The molecule has 0 radical (unpaired) electrons. The molecule has 0 aliphatic carbocycles. The molecule has 2 heterocycles. The van der Waals surface area contributed by atoms with Gasteiger partial charge in [0.1, 0.15) is 0 Å². The van der Waals surface area contributed by atoms with Gasteiger partial charge in [-0.15, -0.1) is 0 Å². The van der Waals surface area contributed by atoms with Crippen molar-refractivity contribution in [2.45, 2.75) is 20.4 Å². The van der Waals surface area contributed by atoms with Gasteiger partial charge in [-0.3, -0.25) is 4.68 Å². The summed E-state index contributed by atoms with van der Waals surface area (Å²) in [4.78, 5) is 4.46. The first-order chi connectivity index (χ1) is 8.60. The van der Waals surface area contributed by atoms with E-state index >= 15 is 0 Å². The number of aromatic nitrogens is 3. The van der Waals surface area contributed by atoms with Crippen molar-refractivity contribution in [1.82, 2.24) is 20.1 Å². The lowest BCUT2D eigenvalue weighted by Crippen LogP contribution is -2.09. The number of aryl methyl sites for hydroxylation is 3. The van der Waals surface area contributed by atoms with Crippen molar-refractivity contribution in [3.8, 4) is 11.6 Å². The molecule has 0 aliphatic rings. The average molecular weight is 246 g/mol. The maximum absolute atomic E-state index is 5.81. The molecule has 0 amide bonds. The lowest BCUT2D eigenvalue weighted by Gasteiger charge is -2.12. The van der Waals surface area contributed by atoms with Crippen LogP contribution in [-0.2, 0) is 13.6 Å². The molecule has 1 N–H and O–H groups in total. The van der Waals surface area contributed by atoms with Crippen LogP contribution < -0.4 is 10.1 Å². The Kier molecular flexibility index (Phi) is 3.62. The van der Waals surface area contributed by atoms with Gasteiger partial charge in [0, 0.05) is 24.8 Å². The maximum atomic E-state index is 5.81. The quantitative estimate of drug-likeness (QED) is 0.895. The Morgan fingerprint density at radius 1 is 1.39 bits per heavy atom. The summed E-state index contributed by atoms with van der Waals surface area (Å²) < 4.78 is 7.51. The minimum absolute atomic E-state index is 0.648. The van der Waals surface area contributed by atoms with Crippen molar-refractivity contribution in [2.75, 3.05) is 7.05 Å². The van der Waals surface area contributed by atoms with E-state index in [-0.39, 0.29) is 0 Å². The summed E-state index contributed by atoms with van der Waals surface area (Å²) in [7, 11) is 3.77. The summed E-state index contributed by atoms with van der Waals surface area (Å²) in [6.07, 6.45) is 3.50. The van der Waals surface area contributed by atoms with E-state index in [1.54, 1.807) is 10.9 Å². The van der Waals surface area contributed by atoms with Crippen LogP contribution in [0.5, 0.6) is 11.6 Å². The van der Waals surface area contributed by atoms with Gasteiger partial charge in [0.05, 0.1) is 12.4 Å². The van der Waals surface area contributed by atoms with Gasteiger partial charge in [0.25, 0.3) is 0 Å². The minimum Gasteiger partial charge on any atom is -0.435 e. The number of ether oxygens (including phenoxy) is 1. The first-order valence-electron chi connectivity index (χ1n) is 5.88. The van der Waals surface area contributed by atoms with Crippen LogP contribution in [-0.4, -0.2) is 21.8 Å². The van der Waals surface area contributed by atoms with E-state index in [1.807, 2.05) is 27.2 Å². The van der Waals surface area contributed by atoms with Gasteiger partial charge in [-0.05, 0) is 32.5 Å². The molecule has 0 fully saturated rings. The molecule has 5 nitrogen and oxygen atoms in total. The first kappa shape index (κ1) is 12.6. The van der Waals surface area contributed by atoms with Crippen LogP contribution >= 0.6 is 0 Å². The zero-order chi connectivity index (χ0) is 13.1. The molecule has 0 saturated heterocycles. The fourth-order valence-electron chi connectivity index (χ4n) is 1.87. The summed E-state index contributed by atoms with van der Waals surface area (Å²) in [5, 5.41) is 7.22. The lowest BCUT2D eigenvalue weighted by atomic mass is 10.1. The third-order valence-electron chi connectivity index (χ3n) is 2.69. The molecule has 0 bridgehead atoms. The van der Waals surface area contributed by atoms with E-state index < -0.39 is 0 Å². The van der Waals surface area contributed by atoms with Crippen molar-refractivity contribution >= 4 is 0 Å². The highest BCUT2D eigenvalue weighted by Gasteiger charge is 2.11. The van der Waals surface area contributed by atoms with Crippen molar-refractivity contribution in [3.63, 3.8) is 0 Å². The molecule has 0 unspecified atom stereocenters. The van der Waals surface area contributed by atoms with Gasteiger partial charge >= 0.3 is 0 Å². The molecule has 2 aromatic heterocycles. The molecule has 2 aromatic rings. The van der Waals surface area contributed by atoms with Crippen LogP contribution in [0.25, 0.3) is 0 Å². The molecule has 5 heteroatoms. The van der Waals surface area contributed by atoms with E-state index in [9.17, 15) is 0 Å². The Hall–Kier alpha value is -1.88. The third-order valence-corrected chi connectivity index (χ3v) is 2.69. The second-order valence-corrected chi connectivity index (χ2v) is 4.35. The Morgan fingerprint density at radius 2 is 2.17 bits per heavy atom. The smallest absolute Gasteiger partial charge is 0.224 e. The highest BCUT2D eigenvalue weighted by atomic mass is 16.5. The standard InChI is InChI=1S/C13H18N4O/c1-9-5-10(2)16-13(12(9)7-14-3)18-11-6-15-17(4)8-11/h5-6,8,14H,7H2,1-4H3. The number of pyridine rings is 1. The van der Waals surface area contributed by atoms with Crippen molar-refractivity contribution < 1.29 is 4.74 Å². The number of hydrogen-bond donors (Lipinski definition) is 1. The van der Waals surface area contributed by atoms with E-state index in [2.05, 4.69) is 28.4 Å². The molecule has 0 atom stereocenters. The lowest BCUT2D eigenvalue weighted by molar-refractivity contribution is 0.451. The van der Waals surface area contributed by atoms with Crippen LogP contribution in [0, 0.1) is 13.8 Å². The zero-order valence-electron chi connectivity index (χ0n) is 11.2. The number of rotatable bonds is 4. The molecule has 2 rings (SSSR count). The molecule has 0 spiro atoms. The van der Waals surface area contributed by atoms with Gasteiger partial charge in [-0.1, -0.05) is 0 Å². The summed E-state index contributed by atoms with van der Waals surface area (Å²) in [6.45, 7) is 4.76. The Balaban J connectivity index is 2.35. The van der Waals surface area contributed by atoms with Gasteiger partial charge in [-0.25, -0.2) is 4.98 Å². The van der Waals surface area contributed by atoms with Crippen LogP contribution in [0.2, 0.25) is 0 Å². The average Bonchev–Trinajstić information content (AvgIpc) is 2.69. The number of nitrogens with one attached hydrogen (secondary N) is 1. The van der Waals surface area contributed by atoms with Crippen molar-refractivity contribution in [2.24, 2.45) is 7.05 Å². The Bertz CT molecular complexity index is 548. The second-order valence-electron chi connectivity index (χ2n) is 4.35. The van der Waals surface area contributed by atoms with Gasteiger partial charge in [0.15, 0.2) is 5.75 Å². The van der Waals surface area contributed by atoms with Crippen LogP contribution in [0.15, 0.2) is 18.5 Å². The topological polar surface area (TPSA) is 52.0 Å². The molecule has 18 heavy (non-hydrogen) atoms. The van der Waals surface area contributed by atoms with E-state index in [0.29, 0.717) is 11.6 Å². The maximum Gasteiger partial charge on any atom is 0.224 e. The normalized spacial score (nSPS) is 10.7. The fourth-order valence-corrected chi connectivity index (χ4v) is 1.87. The number of hydrogen-bond acceptors (Lipinski definition) is 4. The van der Waals surface area contributed by atoms with Gasteiger partial charge in [-0.2, -0.15) is 5.10 Å². The van der Waals surface area contributed by atoms with Crippen LogP contribution in [0.3, 0.4) is 0 Å². The predicted octanol–water partition coefficient (Wildman–Crippen LogP) is 1.94. The highest BCUT2D eigenvalue weighted by molar-refractivity contribution is 5.38. The third kappa shape index (κ3) is 2.68. The monoisotopic (exact) mass is 246 g/mol. The summed E-state index contributed by atoms with van der Waals surface area (Å²) >= 11 is 0. The Morgan fingerprint density at radius 3 is 2.78 bits per heavy atom. The minimum atomic E-state index is 0.648. The molecular formula is C13H18N4O. The highest BCUT2D eigenvalue weighted by Crippen LogP contribution is 2.25. The zero-order valence-corrected chi connectivity index (χ0v) is 11.2. The summed E-state index contributed by atoms with van der Waals surface area (Å²) in [6, 6.07) is 2.06. The SMILES string of the molecule is CNCc1c(C)cc(C)nc1Oc1cnn(C)c1. The summed E-state index contributed by atoms with van der Waals surface area (Å²) in [5.74, 6) is 1.35. The Labute approximate surface area is 107 Å². The van der Waals surface area contributed by atoms with Crippen molar-refractivity contribution in [3.05, 3.63) is 35.3 Å². The molecule has 96 valence electrons. The van der Waals surface area contributed by atoms with E-state index in [1.165, 1.54) is 5.56 Å². The van der Waals surface area contributed by atoms with Crippen LogP contribution in [0.4, 0.5) is 0 Å². The van der Waals surface area contributed by atoms with Crippen molar-refractivity contribution in [1.29, 1.82) is 0 Å². The van der Waals surface area contributed by atoms with E-state index in [4.69, 9.17) is 4.74 Å². The molecular weight excluding hydrogens is 228 g/mol. The largest absolute Gasteiger partial charge is 0.435 e. The number of nitrogens with zero attached hydrogens (tertiary/aromatic N) is 3. The second kappa shape index (κ2) is 5.18. The van der Waals surface area contributed by atoms with Gasteiger partial charge in [0.2, 0.25) is 5.88 Å². The summed E-state index contributed by atoms with van der Waals surface area (Å²) in [5.41, 5.74) is 3.20. The van der Waals surface area contributed by atoms with E-state index in [0.717, 1.165) is 17.8 Å². The first-order valence-corrected chi connectivity index (χ1v) is 5.88. The molecule has 0 aromatic carbocycles. The van der Waals surface area contributed by atoms with Crippen LogP contribution in [0.1, 0.15) is 16.8 Å². The fraction of sp³-hybridized carbons (Fsp3) is 0.385. The van der Waals surface area contributed by atoms with Gasteiger partial charge < -0.3 is 10.1 Å².